The van der Waals surface area contributed by atoms with Gasteiger partial charge in [0.25, 0.3) is 5.69 Å². The Kier molecular flexibility index (Phi) is 5.56. The molecule has 1 aromatic heterocycles. The van der Waals surface area contributed by atoms with Crippen LogP contribution >= 0.6 is 0 Å². The molecule has 0 atom stereocenters. The zero-order chi connectivity index (χ0) is 22.6. The van der Waals surface area contributed by atoms with Crippen molar-refractivity contribution in [2.24, 2.45) is 0 Å². The zero-order valence-corrected chi connectivity index (χ0v) is 18.0. The molecular formula is C29H22N2O2. The number of nitrogens with zero attached hydrogens (tertiary/aromatic N) is 2. The fourth-order valence-corrected chi connectivity index (χ4v) is 4.30. The Morgan fingerprint density at radius 3 is 1.82 bits per heavy atom. The van der Waals surface area contributed by atoms with E-state index in [0.717, 1.165) is 33.6 Å². The molecule has 4 nitrogen and oxygen atoms in total. The maximum atomic E-state index is 11.9. The van der Waals surface area contributed by atoms with Crippen molar-refractivity contribution < 1.29 is 4.92 Å². The molecule has 0 aliphatic carbocycles. The van der Waals surface area contributed by atoms with E-state index in [1.165, 1.54) is 0 Å². The third-order valence-electron chi connectivity index (χ3n) is 5.79. The minimum atomic E-state index is -0.306. The average molecular weight is 431 g/mol. The lowest BCUT2D eigenvalue weighted by atomic mass is 10.0. The minimum absolute atomic E-state index is 0.100. The number of nitro groups is 1. The van der Waals surface area contributed by atoms with Crippen LogP contribution in [-0.2, 0) is 6.54 Å². The molecule has 160 valence electrons. The molecule has 5 rings (SSSR count). The van der Waals surface area contributed by atoms with Gasteiger partial charge in [0.1, 0.15) is 0 Å². The van der Waals surface area contributed by atoms with Gasteiger partial charge in [-0.25, -0.2) is 0 Å². The molecule has 5 aromatic rings. The van der Waals surface area contributed by atoms with Crippen LogP contribution in [-0.4, -0.2) is 9.49 Å². The van der Waals surface area contributed by atoms with E-state index in [1.54, 1.807) is 12.1 Å². The monoisotopic (exact) mass is 430 g/mol. The highest BCUT2D eigenvalue weighted by Gasteiger charge is 2.23. The molecule has 0 amide bonds. The summed E-state index contributed by atoms with van der Waals surface area (Å²) < 4.78 is 2.20. The lowest BCUT2D eigenvalue weighted by Crippen LogP contribution is -2.05. The van der Waals surface area contributed by atoms with E-state index < -0.39 is 0 Å². The van der Waals surface area contributed by atoms with Crippen molar-refractivity contribution in [3.05, 3.63) is 137 Å². The van der Waals surface area contributed by atoms with Gasteiger partial charge in [0, 0.05) is 18.2 Å². The first kappa shape index (κ1) is 20.5. The SMILES string of the molecule is O=[N+]([O-])c1ccccc1-c1cc(-c2ccccc2)c(-c2ccccc2)n1Cc1ccccc1. The van der Waals surface area contributed by atoms with E-state index in [0.29, 0.717) is 12.1 Å². The number of benzene rings is 4. The Balaban J connectivity index is 1.84. The second-order valence-corrected chi connectivity index (χ2v) is 7.87. The van der Waals surface area contributed by atoms with Crippen LogP contribution in [0.4, 0.5) is 5.69 Å². The van der Waals surface area contributed by atoms with Crippen molar-refractivity contribution in [3.8, 4) is 33.6 Å². The summed E-state index contributed by atoms with van der Waals surface area (Å²) in [5.74, 6) is 0. The Bertz CT molecular complexity index is 1390. The van der Waals surface area contributed by atoms with E-state index in [9.17, 15) is 10.1 Å². The van der Waals surface area contributed by atoms with E-state index in [2.05, 4.69) is 47.0 Å². The van der Waals surface area contributed by atoms with E-state index in [4.69, 9.17) is 0 Å². The molecule has 0 aliphatic rings. The summed E-state index contributed by atoms with van der Waals surface area (Å²) in [4.78, 5) is 11.6. The Labute approximate surface area is 192 Å². The largest absolute Gasteiger partial charge is 0.335 e. The highest BCUT2D eigenvalue weighted by Crippen LogP contribution is 2.41. The van der Waals surface area contributed by atoms with Crippen LogP contribution in [0.15, 0.2) is 121 Å². The summed E-state index contributed by atoms with van der Waals surface area (Å²) in [6.07, 6.45) is 0. The number of nitro benzene ring substituents is 1. The van der Waals surface area contributed by atoms with Gasteiger partial charge in [-0.3, -0.25) is 10.1 Å². The number of hydrogen-bond acceptors (Lipinski definition) is 2. The van der Waals surface area contributed by atoms with Crippen LogP contribution < -0.4 is 0 Å². The smallest absolute Gasteiger partial charge is 0.278 e. The second-order valence-electron chi connectivity index (χ2n) is 7.87. The van der Waals surface area contributed by atoms with E-state index in [1.807, 2.05) is 66.7 Å². The molecule has 0 aliphatic heterocycles. The summed E-state index contributed by atoms with van der Waals surface area (Å²) in [6.45, 7) is 0.597. The van der Waals surface area contributed by atoms with Gasteiger partial charge in [-0.2, -0.15) is 0 Å². The molecule has 0 spiro atoms. The van der Waals surface area contributed by atoms with Crippen molar-refractivity contribution in [1.29, 1.82) is 0 Å². The van der Waals surface area contributed by atoms with Crippen molar-refractivity contribution in [2.75, 3.05) is 0 Å². The van der Waals surface area contributed by atoms with E-state index >= 15 is 0 Å². The fraction of sp³-hybridized carbons (Fsp3) is 0.0345. The Hall–Kier alpha value is -4.44. The van der Waals surface area contributed by atoms with Gasteiger partial charge >= 0.3 is 0 Å². The van der Waals surface area contributed by atoms with Crippen LogP contribution in [0, 0.1) is 10.1 Å². The second kappa shape index (κ2) is 8.97. The Morgan fingerprint density at radius 2 is 1.18 bits per heavy atom. The highest BCUT2D eigenvalue weighted by molar-refractivity contribution is 5.88. The summed E-state index contributed by atoms with van der Waals surface area (Å²) >= 11 is 0. The van der Waals surface area contributed by atoms with Gasteiger partial charge in [-0.05, 0) is 28.8 Å². The minimum Gasteiger partial charge on any atom is -0.335 e. The number of para-hydroxylation sites is 1. The Morgan fingerprint density at radius 1 is 0.636 bits per heavy atom. The van der Waals surface area contributed by atoms with Gasteiger partial charge in [-0.1, -0.05) is 103 Å². The topological polar surface area (TPSA) is 48.1 Å². The molecule has 0 unspecified atom stereocenters. The van der Waals surface area contributed by atoms with Crippen LogP contribution in [0.1, 0.15) is 5.56 Å². The van der Waals surface area contributed by atoms with Crippen LogP contribution in [0.3, 0.4) is 0 Å². The molecule has 4 heteroatoms. The van der Waals surface area contributed by atoms with E-state index in [-0.39, 0.29) is 10.6 Å². The molecule has 0 fully saturated rings. The molecule has 0 radical (unpaired) electrons. The first-order chi connectivity index (χ1) is 16.2. The molecule has 0 saturated heterocycles. The molecule has 0 saturated carbocycles. The fourth-order valence-electron chi connectivity index (χ4n) is 4.30. The van der Waals surface area contributed by atoms with Gasteiger partial charge in [0.05, 0.1) is 21.9 Å². The molecule has 33 heavy (non-hydrogen) atoms. The molecular weight excluding hydrogens is 408 g/mol. The average Bonchev–Trinajstić information content (AvgIpc) is 3.24. The molecule has 1 heterocycles. The lowest BCUT2D eigenvalue weighted by Gasteiger charge is -2.16. The predicted octanol–water partition coefficient (Wildman–Crippen LogP) is 7.45. The third kappa shape index (κ3) is 4.06. The summed E-state index contributed by atoms with van der Waals surface area (Å²) in [5.41, 5.74) is 6.89. The zero-order valence-electron chi connectivity index (χ0n) is 18.0. The number of aromatic nitrogens is 1. The molecule has 4 aromatic carbocycles. The summed E-state index contributed by atoms with van der Waals surface area (Å²) in [6, 6.07) is 39.7. The van der Waals surface area contributed by atoms with Crippen LogP contribution in [0.25, 0.3) is 33.6 Å². The standard InChI is InChI=1S/C29H22N2O2/c32-31(33)27-19-11-10-18-25(27)28-20-26(23-14-6-2-7-15-23)29(24-16-8-3-9-17-24)30(28)21-22-12-4-1-5-13-22/h1-20H,21H2. The van der Waals surface area contributed by atoms with Crippen molar-refractivity contribution in [2.45, 2.75) is 6.54 Å². The molecule has 0 bridgehead atoms. The predicted molar refractivity (Wildman–Crippen MR) is 133 cm³/mol. The first-order valence-corrected chi connectivity index (χ1v) is 10.8. The quantitative estimate of drug-likeness (QED) is 0.207. The van der Waals surface area contributed by atoms with Crippen molar-refractivity contribution in [1.82, 2.24) is 4.57 Å². The van der Waals surface area contributed by atoms with Gasteiger partial charge in [0.2, 0.25) is 0 Å². The van der Waals surface area contributed by atoms with Crippen LogP contribution in [0.5, 0.6) is 0 Å². The molecule has 0 N–H and O–H groups in total. The normalized spacial score (nSPS) is 10.8. The number of hydrogen-bond donors (Lipinski definition) is 0. The van der Waals surface area contributed by atoms with Crippen molar-refractivity contribution >= 4 is 5.69 Å². The summed E-state index contributed by atoms with van der Waals surface area (Å²) in [7, 11) is 0. The van der Waals surface area contributed by atoms with Gasteiger partial charge in [-0.15, -0.1) is 0 Å². The van der Waals surface area contributed by atoms with Crippen molar-refractivity contribution in [3.63, 3.8) is 0 Å². The maximum absolute atomic E-state index is 11.9. The van der Waals surface area contributed by atoms with Gasteiger partial charge < -0.3 is 4.57 Å². The third-order valence-corrected chi connectivity index (χ3v) is 5.79. The number of rotatable bonds is 6. The van der Waals surface area contributed by atoms with Gasteiger partial charge in [0.15, 0.2) is 0 Å². The maximum Gasteiger partial charge on any atom is 0.278 e. The summed E-state index contributed by atoms with van der Waals surface area (Å²) in [5, 5.41) is 11.9. The highest BCUT2D eigenvalue weighted by atomic mass is 16.6. The van der Waals surface area contributed by atoms with Crippen LogP contribution in [0.2, 0.25) is 0 Å². The lowest BCUT2D eigenvalue weighted by molar-refractivity contribution is -0.384. The first-order valence-electron chi connectivity index (χ1n) is 10.8.